The molecule has 0 aliphatic carbocycles. The number of carbonyl (C=O) groups excluding carboxylic acids is 1. The Morgan fingerprint density at radius 1 is 1.28 bits per heavy atom. The van der Waals surface area contributed by atoms with Crippen LogP contribution in [0.2, 0.25) is 0 Å². The predicted molar refractivity (Wildman–Crippen MR) is 101 cm³/mol. The lowest BCUT2D eigenvalue weighted by atomic mass is 9.93. The third kappa shape index (κ3) is 4.14. The second-order valence-corrected chi connectivity index (χ2v) is 7.59. The number of hydrogen-bond acceptors (Lipinski definition) is 5. The minimum Gasteiger partial charge on any atom is -0.354 e. The smallest absolute Gasteiger partial charge is 0.228 e. The van der Waals surface area contributed by atoms with Crippen molar-refractivity contribution >= 4 is 17.5 Å². The van der Waals surface area contributed by atoms with E-state index in [0.29, 0.717) is 5.95 Å². The van der Waals surface area contributed by atoms with Gasteiger partial charge in [-0.15, -0.1) is 0 Å². The zero-order valence-electron chi connectivity index (χ0n) is 15.3. The van der Waals surface area contributed by atoms with Gasteiger partial charge >= 0.3 is 0 Å². The van der Waals surface area contributed by atoms with Crippen molar-refractivity contribution in [2.45, 2.75) is 20.3 Å². The molecule has 0 unspecified atom stereocenters. The SMILES string of the molecule is CN(C)CC(C)(C)CNc1ncc2c(n1)-c1ccccc1NC(=O)C2. The minimum absolute atomic E-state index is 0.0392. The highest BCUT2D eigenvalue weighted by molar-refractivity contribution is 5.99. The molecule has 1 amide bonds. The van der Waals surface area contributed by atoms with E-state index in [9.17, 15) is 4.79 Å². The standard InChI is InChI=1S/C19H25N5O/c1-19(2,12-24(3)4)11-21-18-20-10-13-9-16(25)22-15-8-6-5-7-14(15)17(13)23-18/h5-8,10H,9,11-12H2,1-4H3,(H,22,25)(H,20,21,23). The Bertz CT molecular complexity index is 785. The summed E-state index contributed by atoms with van der Waals surface area (Å²) in [6.45, 7) is 6.15. The topological polar surface area (TPSA) is 70.2 Å². The van der Waals surface area contributed by atoms with E-state index < -0.39 is 0 Å². The summed E-state index contributed by atoms with van der Waals surface area (Å²) >= 11 is 0. The lowest BCUT2D eigenvalue weighted by molar-refractivity contribution is -0.115. The Kier molecular flexibility index (Phi) is 4.72. The van der Waals surface area contributed by atoms with Crippen molar-refractivity contribution in [3.63, 3.8) is 0 Å². The number of nitrogens with one attached hydrogen (secondary N) is 2. The molecule has 1 aromatic carbocycles. The number of fused-ring (bicyclic) bond motifs is 3. The molecular weight excluding hydrogens is 314 g/mol. The Morgan fingerprint density at radius 2 is 2.04 bits per heavy atom. The highest BCUT2D eigenvalue weighted by atomic mass is 16.1. The van der Waals surface area contributed by atoms with E-state index >= 15 is 0 Å². The van der Waals surface area contributed by atoms with Crippen molar-refractivity contribution in [1.29, 1.82) is 0 Å². The van der Waals surface area contributed by atoms with Gasteiger partial charge in [0.05, 0.1) is 17.8 Å². The molecule has 2 aromatic rings. The van der Waals surface area contributed by atoms with E-state index in [0.717, 1.165) is 35.6 Å². The van der Waals surface area contributed by atoms with E-state index in [4.69, 9.17) is 4.98 Å². The summed E-state index contributed by atoms with van der Waals surface area (Å²) in [6, 6.07) is 7.74. The fourth-order valence-corrected chi connectivity index (χ4v) is 3.25. The molecule has 0 atom stereocenters. The van der Waals surface area contributed by atoms with E-state index in [1.54, 1.807) is 6.20 Å². The lowest BCUT2D eigenvalue weighted by Gasteiger charge is -2.28. The Morgan fingerprint density at radius 3 is 2.80 bits per heavy atom. The number of benzene rings is 1. The van der Waals surface area contributed by atoms with Gasteiger partial charge in [-0.3, -0.25) is 4.79 Å². The van der Waals surface area contributed by atoms with Crippen LogP contribution < -0.4 is 10.6 Å². The third-order valence-electron chi connectivity index (χ3n) is 4.14. The van der Waals surface area contributed by atoms with Crippen molar-refractivity contribution in [1.82, 2.24) is 14.9 Å². The van der Waals surface area contributed by atoms with Gasteiger partial charge in [-0.1, -0.05) is 32.0 Å². The van der Waals surface area contributed by atoms with Gasteiger partial charge in [-0.05, 0) is 25.6 Å². The highest BCUT2D eigenvalue weighted by Gasteiger charge is 2.22. The summed E-state index contributed by atoms with van der Waals surface area (Å²) in [5.41, 5.74) is 3.48. The molecule has 1 aliphatic rings. The number of nitrogens with zero attached hydrogens (tertiary/aromatic N) is 3. The predicted octanol–water partition coefficient (Wildman–Crippen LogP) is 2.64. The summed E-state index contributed by atoms with van der Waals surface area (Å²) in [5.74, 6) is 0.553. The summed E-state index contributed by atoms with van der Waals surface area (Å²) in [5, 5.41) is 6.28. The highest BCUT2D eigenvalue weighted by Crippen LogP contribution is 2.32. The van der Waals surface area contributed by atoms with Crippen molar-refractivity contribution < 1.29 is 4.79 Å². The molecule has 1 aromatic heterocycles. The first-order valence-electron chi connectivity index (χ1n) is 8.48. The molecule has 2 N–H and O–H groups in total. The molecule has 0 saturated heterocycles. The zero-order valence-corrected chi connectivity index (χ0v) is 15.3. The first-order valence-corrected chi connectivity index (χ1v) is 8.48. The molecule has 0 spiro atoms. The van der Waals surface area contributed by atoms with Crippen LogP contribution in [0.25, 0.3) is 11.3 Å². The van der Waals surface area contributed by atoms with Crippen LogP contribution in [0.5, 0.6) is 0 Å². The molecular formula is C19H25N5O. The lowest BCUT2D eigenvalue weighted by Crippen LogP contribution is -2.34. The van der Waals surface area contributed by atoms with Gasteiger partial charge in [0.15, 0.2) is 0 Å². The van der Waals surface area contributed by atoms with Crippen molar-refractivity contribution in [3.8, 4) is 11.3 Å². The van der Waals surface area contributed by atoms with Crippen molar-refractivity contribution in [3.05, 3.63) is 36.0 Å². The Labute approximate surface area is 148 Å². The van der Waals surface area contributed by atoms with Crippen LogP contribution in [-0.2, 0) is 11.2 Å². The van der Waals surface area contributed by atoms with Crippen LogP contribution in [0.4, 0.5) is 11.6 Å². The number of para-hydroxylation sites is 1. The number of hydrogen-bond donors (Lipinski definition) is 2. The molecule has 132 valence electrons. The molecule has 3 rings (SSSR count). The third-order valence-corrected chi connectivity index (χ3v) is 4.14. The molecule has 0 bridgehead atoms. The second-order valence-electron chi connectivity index (χ2n) is 7.59. The van der Waals surface area contributed by atoms with Gasteiger partial charge in [0.2, 0.25) is 11.9 Å². The van der Waals surface area contributed by atoms with E-state index in [1.165, 1.54) is 0 Å². The zero-order chi connectivity index (χ0) is 18.0. The maximum absolute atomic E-state index is 12.1. The number of rotatable bonds is 5. The first-order chi connectivity index (χ1) is 11.8. The number of carbonyl (C=O) groups is 1. The van der Waals surface area contributed by atoms with Crippen LogP contribution in [-0.4, -0.2) is 48.0 Å². The largest absolute Gasteiger partial charge is 0.354 e. The molecule has 25 heavy (non-hydrogen) atoms. The molecule has 1 aliphatic heterocycles. The maximum Gasteiger partial charge on any atom is 0.228 e. The molecule has 6 nitrogen and oxygen atoms in total. The molecule has 0 radical (unpaired) electrons. The van der Waals surface area contributed by atoms with Gasteiger partial charge in [0.25, 0.3) is 0 Å². The number of anilines is 2. The van der Waals surface area contributed by atoms with E-state index in [-0.39, 0.29) is 17.7 Å². The summed E-state index contributed by atoms with van der Waals surface area (Å²) in [4.78, 5) is 23.4. The minimum atomic E-state index is -0.0392. The number of amides is 1. The maximum atomic E-state index is 12.1. The summed E-state index contributed by atoms with van der Waals surface area (Å²) in [7, 11) is 4.14. The molecule has 0 saturated carbocycles. The first kappa shape index (κ1) is 17.4. The fourth-order valence-electron chi connectivity index (χ4n) is 3.25. The van der Waals surface area contributed by atoms with Gasteiger partial charge in [0, 0.05) is 30.4 Å². The van der Waals surface area contributed by atoms with Crippen LogP contribution in [0.1, 0.15) is 19.4 Å². The van der Waals surface area contributed by atoms with Crippen LogP contribution in [0.3, 0.4) is 0 Å². The normalized spacial score (nSPS) is 13.7. The average Bonchev–Trinajstić information content (AvgIpc) is 2.67. The molecule has 0 fully saturated rings. The summed E-state index contributed by atoms with van der Waals surface area (Å²) < 4.78 is 0. The number of aromatic nitrogens is 2. The van der Waals surface area contributed by atoms with Gasteiger partial charge in [-0.2, -0.15) is 0 Å². The van der Waals surface area contributed by atoms with Gasteiger partial charge in [0.1, 0.15) is 0 Å². The van der Waals surface area contributed by atoms with Crippen molar-refractivity contribution in [2.24, 2.45) is 5.41 Å². The van der Waals surface area contributed by atoms with E-state index in [1.807, 2.05) is 24.3 Å². The average molecular weight is 339 g/mol. The Balaban J connectivity index is 1.87. The quantitative estimate of drug-likeness (QED) is 0.876. The monoisotopic (exact) mass is 339 g/mol. The molecule has 6 heteroatoms. The van der Waals surface area contributed by atoms with E-state index in [2.05, 4.69) is 48.5 Å². The summed E-state index contributed by atoms with van der Waals surface area (Å²) in [6.07, 6.45) is 2.04. The fraction of sp³-hybridized carbons (Fsp3) is 0.421. The Hall–Kier alpha value is -2.47. The van der Waals surface area contributed by atoms with Crippen molar-refractivity contribution in [2.75, 3.05) is 37.8 Å². The van der Waals surface area contributed by atoms with Gasteiger partial charge < -0.3 is 15.5 Å². The molecule has 2 heterocycles. The van der Waals surface area contributed by atoms with Crippen LogP contribution in [0.15, 0.2) is 30.5 Å². The second kappa shape index (κ2) is 6.80. The van der Waals surface area contributed by atoms with Crippen LogP contribution in [0, 0.1) is 5.41 Å². The van der Waals surface area contributed by atoms with Gasteiger partial charge in [-0.25, -0.2) is 9.97 Å². The van der Waals surface area contributed by atoms with Crippen LogP contribution >= 0.6 is 0 Å².